The monoisotopic (exact) mass is 229 g/mol. The summed E-state index contributed by atoms with van der Waals surface area (Å²) in [7, 11) is 0. The molecule has 1 aliphatic heterocycles. The van der Waals surface area contributed by atoms with Crippen LogP contribution in [-0.2, 0) is 13.0 Å². The number of halogens is 1. The summed E-state index contributed by atoms with van der Waals surface area (Å²) in [5, 5.41) is 12.9. The minimum absolute atomic E-state index is 0. The summed E-state index contributed by atoms with van der Waals surface area (Å²) < 4.78 is 5.32. The van der Waals surface area contributed by atoms with Crippen LogP contribution in [0, 0.1) is 0 Å². The van der Waals surface area contributed by atoms with Crippen molar-refractivity contribution in [2.24, 2.45) is 0 Å². The van der Waals surface area contributed by atoms with Crippen molar-refractivity contribution in [2.45, 2.75) is 19.9 Å². The predicted molar refractivity (Wildman–Crippen MR) is 61.9 cm³/mol. The lowest BCUT2D eigenvalue weighted by atomic mass is 10.0. The normalized spacial score (nSPS) is 13.9. The van der Waals surface area contributed by atoms with Gasteiger partial charge in [-0.1, -0.05) is 0 Å². The number of fused-ring (bicyclic) bond motifs is 1. The highest BCUT2D eigenvalue weighted by molar-refractivity contribution is 5.85. The quantitative estimate of drug-likeness (QED) is 0.814. The van der Waals surface area contributed by atoms with Gasteiger partial charge in [-0.3, -0.25) is 0 Å². The molecule has 1 heterocycles. The van der Waals surface area contributed by atoms with E-state index in [4.69, 9.17) is 4.74 Å². The SMILES string of the molecule is CCOc1cc2c(cc1O)CCNC2.Cl. The number of nitrogens with one attached hydrogen (secondary N) is 1. The molecule has 0 unspecified atom stereocenters. The van der Waals surface area contributed by atoms with Crippen LogP contribution in [0.5, 0.6) is 11.5 Å². The average molecular weight is 230 g/mol. The Balaban J connectivity index is 0.00000112. The van der Waals surface area contributed by atoms with Crippen molar-refractivity contribution in [3.05, 3.63) is 23.3 Å². The molecule has 1 aromatic carbocycles. The van der Waals surface area contributed by atoms with E-state index in [9.17, 15) is 5.11 Å². The van der Waals surface area contributed by atoms with Gasteiger partial charge in [-0.2, -0.15) is 0 Å². The molecule has 0 fully saturated rings. The fourth-order valence-corrected chi connectivity index (χ4v) is 1.77. The van der Waals surface area contributed by atoms with Crippen LogP contribution < -0.4 is 10.1 Å². The third-order valence-electron chi connectivity index (χ3n) is 2.47. The van der Waals surface area contributed by atoms with Crippen molar-refractivity contribution in [2.75, 3.05) is 13.2 Å². The Morgan fingerprint density at radius 1 is 1.40 bits per heavy atom. The Labute approximate surface area is 95.9 Å². The summed E-state index contributed by atoms with van der Waals surface area (Å²) in [6, 6.07) is 3.75. The van der Waals surface area contributed by atoms with Crippen LogP contribution >= 0.6 is 12.4 Å². The van der Waals surface area contributed by atoms with Gasteiger partial charge in [0.1, 0.15) is 0 Å². The van der Waals surface area contributed by atoms with E-state index in [0.29, 0.717) is 12.4 Å². The van der Waals surface area contributed by atoms with Crippen LogP contribution in [0.4, 0.5) is 0 Å². The standard InChI is InChI=1S/C11H15NO2.ClH/c1-2-14-11-6-9-7-12-4-3-8(9)5-10(11)13;/h5-6,12-13H,2-4,7H2,1H3;1H. The van der Waals surface area contributed by atoms with E-state index in [1.165, 1.54) is 11.1 Å². The molecule has 0 saturated carbocycles. The molecule has 0 aliphatic carbocycles. The summed E-state index contributed by atoms with van der Waals surface area (Å²) in [5.74, 6) is 0.849. The van der Waals surface area contributed by atoms with Crippen LogP contribution in [-0.4, -0.2) is 18.3 Å². The first-order valence-corrected chi connectivity index (χ1v) is 4.99. The molecular formula is C11H16ClNO2. The van der Waals surface area contributed by atoms with Gasteiger partial charge in [0.2, 0.25) is 0 Å². The highest BCUT2D eigenvalue weighted by Crippen LogP contribution is 2.30. The molecular weight excluding hydrogens is 214 g/mol. The van der Waals surface area contributed by atoms with Crippen molar-refractivity contribution in [3.63, 3.8) is 0 Å². The molecule has 0 radical (unpaired) electrons. The molecule has 3 nitrogen and oxygen atoms in total. The minimum atomic E-state index is 0. The van der Waals surface area contributed by atoms with Crippen LogP contribution in [0.25, 0.3) is 0 Å². The molecule has 0 aromatic heterocycles. The number of benzene rings is 1. The lowest BCUT2D eigenvalue weighted by Gasteiger charge is -2.18. The third-order valence-corrected chi connectivity index (χ3v) is 2.47. The summed E-state index contributed by atoms with van der Waals surface area (Å²) in [5.41, 5.74) is 2.46. The predicted octanol–water partition coefficient (Wildman–Crippen LogP) is 1.86. The van der Waals surface area contributed by atoms with Gasteiger partial charge in [-0.25, -0.2) is 0 Å². The van der Waals surface area contributed by atoms with Gasteiger partial charge < -0.3 is 15.2 Å². The van der Waals surface area contributed by atoms with Gasteiger partial charge in [-0.05, 0) is 43.1 Å². The maximum atomic E-state index is 9.65. The number of phenols is 1. The van der Waals surface area contributed by atoms with Gasteiger partial charge in [0, 0.05) is 6.54 Å². The van der Waals surface area contributed by atoms with Gasteiger partial charge in [-0.15, -0.1) is 12.4 Å². The molecule has 2 N–H and O–H groups in total. The molecule has 4 heteroatoms. The molecule has 0 saturated heterocycles. The Morgan fingerprint density at radius 2 is 2.20 bits per heavy atom. The Bertz CT molecular complexity index is 342. The van der Waals surface area contributed by atoms with E-state index in [2.05, 4.69) is 5.32 Å². The van der Waals surface area contributed by atoms with Gasteiger partial charge in [0.15, 0.2) is 11.5 Å². The van der Waals surface area contributed by atoms with Gasteiger partial charge >= 0.3 is 0 Å². The largest absolute Gasteiger partial charge is 0.504 e. The number of aromatic hydroxyl groups is 1. The van der Waals surface area contributed by atoms with Gasteiger partial charge in [0.05, 0.1) is 6.61 Å². The van der Waals surface area contributed by atoms with Gasteiger partial charge in [0.25, 0.3) is 0 Å². The molecule has 0 atom stereocenters. The van der Waals surface area contributed by atoms with Crippen LogP contribution in [0.15, 0.2) is 12.1 Å². The lowest BCUT2D eigenvalue weighted by Crippen LogP contribution is -2.23. The second kappa shape index (κ2) is 5.24. The fourth-order valence-electron chi connectivity index (χ4n) is 1.77. The van der Waals surface area contributed by atoms with Crippen LogP contribution in [0.3, 0.4) is 0 Å². The summed E-state index contributed by atoms with van der Waals surface area (Å²) in [4.78, 5) is 0. The van der Waals surface area contributed by atoms with Crippen molar-refractivity contribution >= 4 is 12.4 Å². The molecule has 1 aromatic rings. The molecule has 0 amide bonds. The average Bonchev–Trinajstić information content (AvgIpc) is 2.19. The first kappa shape index (κ1) is 12.1. The zero-order valence-corrected chi connectivity index (χ0v) is 9.56. The lowest BCUT2D eigenvalue weighted by molar-refractivity contribution is 0.317. The smallest absolute Gasteiger partial charge is 0.161 e. The Kier molecular flexibility index (Phi) is 4.24. The van der Waals surface area contributed by atoms with E-state index < -0.39 is 0 Å². The third kappa shape index (κ3) is 2.55. The van der Waals surface area contributed by atoms with Crippen molar-refractivity contribution < 1.29 is 9.84 Å². The van der Waals surface area contributed by atoms with Crippen molar-refractivity contribution in [3.8, 4) is 11.5 Å². The first-order valence-electron chi connectivity index (χ1n) is 4.99. The maximum absolute atomic E-state index is 9.65. The molecule has 1 aliphatic rings. The highest BCUT2D eigenvalue weighted by Gasteiger charge is 2.12. The number of phenolic OH excluding ortho intramolecular Hbond substituents is 1. The van der Waals surface area contributed by atoms with E-state index >= 15 is 0 Å². The summed E-state index contributed by atoms with van der Waals surface area (Å²) in [6.45, 7) is 4.35. The number of hydrogen-bond acceptors (Lipinski definition) is 3. The number of rotatable bonds is 2. The molecule has 84 valence electrons. The van der Waals surface area contributed by atoms with Crippen molar-refractivity contribution in [1.82, 2.24) is 5.32 Å². The topological polar surface area (TPSA) is 41.5 Å². The maximum Gasteiger partial charge on any atom is 0.161 e. The second-order valence-corrected chi connectivity index (χ2v) is 3.45. The van der Waals surface area contributed by atoms with E-state index in [0.717, 1.165) is 19.5 Å². The molecule has 0 bridgehead atoms. The Morgan fingerprint density at radius 3 is 2.93 bits per heavy atom. The first-order chi connectivity index (χ1) is 6.81. The summed E-state index contributed by atoms with van der Waals surface area (Å²) in [6.07, 6.45) is 0.981. The number of ether oxygens (including phenoxy) is 1. The van der Waals surface area contributed by atoms with Crippen LogP contribution in [0.2, 0.25) is 0 Å². The van der Waals surface area contributed by atoms with E-state index in [1.807, 2.05) is 19.1 Å². The Hall–Kier alpha value is -0.930. The van der Waals surface area contributed by atoms with E-state index in [-0.39, 0.29) is 18.2 Å². The minimum Gasteiger partial charge on any atom is -0.504 e. The molecule has 2 rings (SSSR count). The molecule has 15 heavy (non-hydrogen) atoms. The zero-order valence-electron chi connectivity index (χ0n) is 8.75. The molecule has 0 spiro atoms. The van der Waals surface area contributed by atoms with E-state index in [1.54, 1.807) is 0 Å². The second-order valence-electron chi connectivity index (χ2n) is 3.45. The highest BCUT2D eigenvalue weighted by atomic mass is 35.5. The fraction of sp³-hybridized carbons (Fsp3) is 0.455. The summed E-state index contributed by atoms with van der Waals surface area (Å²) >= 11 is 0. The zero-order chi connectivity index (χ0) is 9.97. The number of hydrogen-bond donors (Lipinski definition) is 2. The van der Waals surface area contributed by atoms with Crippen LogP contribution in [0.1, 0.15) is 18.1 Å². The van der Waals surface area contributed by atoms with Crippen molar-refractivity contribution in [1.29, 1.82) is 0 Å².